The number of nitrogens with one attached hydrogen (secondary N) is 2. The second kappa shape index (κ2) is 8.99. The van der Waals surface area contributed by atoms with E-state index in [1.807, 2.05) is 23.6 Å². The zero-order valence-electron chi connectivity index (χ0n) is 14.5. The smallest absolute Gasteiger partial charge is 0.238 e. The molecule has 1 heterocycles. The number of hydrogen-bond donors (Lipinski definition) is 2. The highest BCUT2D eigenvalue weighted by Gasteiger charge is 2.16. The third kappa shape index (κ3) is 4.73. The van der Waals surface area contributed by atoms with Gasteiger partial charge in [0.15, 0.2) is 0 Å². The molecule has 26 heavy (non-hydrogen) atoms. The van der Waals surface area contributed by atoms with Gasteiger partial charge in [-0.2, -0.15) is 0 Å². The number of carbonyl (C=O) groups is 1. The van der Waals surface area contributed by atoms with Crippen LogP contribution in [-0.2, 0) is 11.2 Å². The number of carbonyl (C=O) groups excluding carboxylic acids is 1. The number of halogens is 1. The molecule has 1 aromatic heterocycles. The van der Waals surface area contributed by atoms with Crippen LogP contribution in [-0.4, -0.2) is 12.5 Å². The first-order chi connectivity index (χ1) is 12.7. The van der Waals surface area contributed by atoms with E-state index < -0.39 is 0 Å². The average Bonchev–Trinajstić information content (AvgIpc) is 3.19. The molecule has 1 amide bonds. The van der Waals surface area contributed by atoms with E-state index in [1.54, 1.807) is 23.5 Å². The number of anilines is 1. The summed E-state index contributed by atoms with van der Waals surface area (Å²) in [5.41, 5.74) is 3.08. The fourth-order valence-corrected chi connectivity index (χ4v) is 3.75. The fourth-order valence-electron chi connectivity index (χ4n) is 2.74. The summed E-state index contributed by atoms with van der Waals surface area (Å²) >= 11 is 7.78. The Labute approximate surface area is 163 Å². The maximum atomic E-state index is 12.3. The van der Waals surface area contributed by atoms with Gasteiger partial charge in [-0.15, -0.1) is 11.3 Å². The molecule has 0 fully saturated rings. The van der Waals surface area contributed by atoms with E-state index in [-0.39, 0.29) is 18.5 Å². The zero-order chi connectivity index (χ0) is 18.4. The molecule has 3 nitrogen and oxygen atoms in total. The van der Waals surface area contributed by atoms with Crippen LogP contribution in [0.15, 0.2) is 66.0 Å². The number of amides is 1. The SMILES string of the molecule is CCc1ccc([C@H](NCC(=O)Nc2ccccc2Cl)c2cccs2)cc1. The molecule has 0 spiro atoms. The van der Waals surface area contributed by atoms with Gasteiger partial charge in [-0.25, -0.2) is 0 Å². The molecule has 0 aliphatic rings. The largest absolute Gasteiger partial charge is 0.324 e. The van der Waals surface area contributed by atoms with Gasteiger partial charge in [0.2, 0.25) is 5.91 Å². The van der Waals surface area contributed by atoms with Crippen LogP contribution in [0, 0.1) is 0 Å². The predicted molar refractivity (Wildman–Crippen MR) is 110 cm³/mol. The molecule has 2 aromatic carbocycles. The lowest BCUT2D eigenvalue weighted by Gasteiger charge is -2.18. The Bertz CT molecular complexity index is 847. The van der Waals surface area contributed by atoms with Crippen molar-refractivity contribution < 1.29 is 4.79 Å². The lowest BCUT2D eigenvalue weighted by molar-refractivity contribution is -0.115. The van der Waals surface area contributed by atoms with Crippen molar-refractivity contribution in [2.75, 3.05) is 11.9 Å². The van der Waals surface area contributed by atoms with Gasteiger partial charge in [0.05, 0.1) is 23.3 Å². The molecule has 134 valence electrons. The summed E-state index contributed by atoms with van der Waals surface area (Å²) in [5, 5.41) is 8.80. The Morgan fingerprint density at radius 2 is 1.85 bits per heavy atom. The molecule has 5 heteroatoms. The third-order valence-electron chi connectivity index (χ3n) is 4.16. The molecule has 1 atom stereocenters. The monoisotopic (exact) mass is 384 g/mol. The predicted octanol–water partition coefficient (Wildman–Crippen LogP) is 5.28. The summed E-state index contributed by atoms with van der Waals surface area (Å²) in [7, 11) is 0. The molecular formula is C21H21ClN2OS. The van der Waals surface area contributed by atoms with Crippen LogP contribution in [0.5, 0.6) is 0 Å². The topological polar surface area (TPSA) is 41.1 Å². The average molecular weight is 385 g/mol. The van der Waals surface area contributed by atoms with Crippen LogP contribution in [0.3, 0.4) is 0 Å². The summed E-state index contributed by atoms with van der Waals surface area (Å²) < 4.78 is 0. The van der Waals surface area contributed by atoms with Crippen molar-refractivity contribution in [1.29, 1.82) is 0 Å². The number of rotatable bonds is 7. The molecule has 0 bridgehead atoms. The number of thiophene rings is 1. The van der Waals surface area contributed by atoms with Crippen LogP contribution in [0.2, 0.25) is 5.02 Å². The van der Waals surface area contributed by atoms with Gasteiger partial charge in [-0.1, -0.05) is 61.0 Å². The molecule has 0 radical (unpaired) electrons. The Kier molecular flexibility index (Phi) is 6.45. The second-order valence-corrected chi connectivity index (χ2v) is 7.34. The normalized spacial score (nSPS) is 11.9. The van der Waals surface area contributed by atoms with Crippen LogP contribution in [0.4, 0.5) is 5.69 Å². The summed E-state index contributed by atoms with van der Waals surface area (Å²) in [6.07, 6.45) is 1.01. The lowest BCUT2D eigenvalue weighted by atomic mass is 10.0. The molecule has 2 N–H and O–H groups in total. The van der Waals surface area contributed by atoms with Gasteiger partial charge >= 0.3 is 0 Å². The van der Waals surface area contributed by atoms with Crippen molar-refractivity contribution in [2.45, 2.75) is 19.4 Å². The molecule has 0 saturated heterocycles. The first kappa shape index (κ1) is 18.6. The molecule has 0 unspecified atom stereocenters. The van der Waals surface area contributed by atoms with E-state index in [4.69, 9.17) is 11.6 Å². The fraction of sp³-hybridized carbons (Fsp3) is 0.190. The van der Waals surface area contributed by atoms with Crippen molar-refractivity contribution in [1.82, 2.24) is 5.32 Å². The van der Waals surface area contributed by atoms with E-state index in [0.717, 1.165) is 12.0 Å². The summed E-state index contributed by atoms with van der Waals surface area (Å²) in [6, 6.07) is 19.9. The highest BCUT2D eigenvalue weighted by atomic mass is 35.5. The van der Waals surface area contributed by atoms with Crippen molar-refractivity contribution >= 4 is 34.5 Å². The van der Waals surface area contributed by atoms with Gasteiger partial charge in [-0.3, -0.25) is 10.1 Å². The van der Waals surface area contributed by atoms with Gasteiger partial charge in [0.1, 0.15) is 0 Å². The standard InChI is InChI=1S/C21H21ClN2OS/c1-2-15-9-11-16(12-10-15)21(19-8-5-13-26-19)23-14-20(25)24-18-7-4-3-6-17(18)22/h3-13,21,23H,2,14H2,1H3,(H,24,25)/t21-/m0/s1. The van der Waals surface area contributed by atoms with Crippen molar-refractivity contribution in [2.24, 2.45) is 0 Å². The molecule has 0 aliphatic heterocycles. The van der Waals surface area contributed by atoms with E-state index in [1.165, 1.54) is 10.4 Å². The Morgan fingerprint density at radius 3 is 2.50 bits per heavy atom. The van der Waals surface area contributed by atoms with E-state index in [9.17, 15) is 4.79 Å². The zero-order valence-corrected chi connectivity index (χ0v) is 16.1. The van der Waals surface area contributed by atoms with Crippen LogP contribution < -0.4 is 10.6 Å². The van der Waals surface area contributed by atoms with E-state index >= 15 is 0 Å². The second-order valence-electron chi connectivity index (χ2n) is 5.95. The van der Waals surface area contributed by atoms with Crippen LogP contribution in [0.25, 0.3) is 0 Å². The number of aryl methyl sites for hydroxylation is 1. The minimum Gasteiger partial charge on any atom is -0.324 e. The van der Waals surface area contributed by atoms with Crippen molar-refractivity contribution in [3.05, 3.63) is 87.1 Å². The quantitative estimate of drug-likeness (QED) is 0.581. The first-order valence-corrected chi connectivity index (χ1v) is 9.83. The van der Waals surface area contributed by atoms with Gasteiger partial charge in [0, 0.05) is 4.88 Å². The van der Waals surface area contributed by atoms with Crippen molar-refractivity contribution in [3.63, 3.8) is 0 Å². The number of para-hydroxylation sites is 1. The van der Waals surface area contributed by atoms with E-state index in [2.05, 4.69) is 47.9 Å². The first-order valence-electron chi connectivity index (χ1n) is 8.57. The van der Waals surface area contributed by atoms with Crippen LogP contribution in [0.1, 0.15) is 29.0 Å². The maximum absolute atomic E-state index is 12.3. The maximum Gasteiger partial charge on any atom is 0.238 e. The number of benzene rings is 2. The molecule has 3 aromatic rings. The van der Waals surface area contributed by atoms with Crippen molar-refractivity contribution in [3.8, 4) is 0 Å². The van der Waals surface area contributed by atoms with Gasteiger partial charge < -0.3 is 5.32 Å². The van der Waals surface area contributed by atoms with Gasteiger partial charge in [-0.05, 0) is 41.1 Å². The van der Waals surface area contributed by atoms with E-state index in [0.29, 0.717) is 10.7 Å². The lowest BCUT2D eigenvalue weighted by Crippen LogP contribution is -2.31. The molecule has 0 aliphatic carbocycles. The minimum absolute atomic E-state index is 0.0158. The molecule has 3 rings (SSSR count). The third-order valence-corrected chi connectivity index (χ3v) is 5.43. The Morgan fingerprint density at radius 1 is 1.08 bits per heavy atom. The Hall–Kier alpha value is -2.14. The highest BCUT2D eigenvalue weighted by Crippen LogP contribution is 2.26. The summed E-state index contributed by atoms with van der Waals surface area (Å²) in [4.78, 5) is 13.5. The molecular weight excluding hydrogens is 364 g/mol. The summed E-state index contributed by atoms with van der Waals surface area (Å²) in [5.74, 6) is -0.121. The highest BCUT2D eigenvalue weighted by molar-refractivity contribution is 7.10. The van der Waals surface area contributed by atoms with Gasteiger partial charge in [0.25, 0.3) is 0 Å². The Balaban J connectivity index is 1.70. The number of hydrogen-bond acceptors (Lipinski definition) is 3. The molecule has 0 saturated carbocycles. The summed E-state index contributed by atoms with van der Waals surface area (Å²) in [6.45, 7) is 2.34. The minimum atomic E-state index is -0.121. The van der Waals surface area contributed by atoms with Crippen LogP contribution >= 0.6 is 22.9 Å².